The third-order valence-electron chi connectivity index (χ3n) is 9.02. The molecule has 4 aliphatic rings. The highest BCUT2D eigenvalue weighted by atomic mass is 16.7. The number of esters is 2. The summed E-state index contributed by atoms with van der Waals surface area (Å²) in [6, 6.07) is 1.70. The molecular weight excluding hydrogens is 416 g/mol. The lowest BCUT2D eigenvalue weighted by Gasteiger charge is -2.61. The Hall–Kier alpha value is -2.19. The first-order valence-corrected chi connectivity index (χ1v) is 11.2. The molecule has 0 radical (unpaired) electrons. The highest BCUT2D eigenvalue weighted by Gasteiger charge is 2.90. The molecule has 2 heterocycles. The smallest absolute Gasteiger partial charge is 0.303 e. The molecular formula is C24H30O8. The average Bonchev–Trinajstić information content (AvgIpc) is 3.06. The predicted molar refractivity (Wildman–Crippen MR) is 109 cm³/mol. The summed E-state index contributed by atoms with van der Waals surface area (Å²) in [5.74, 6) is -1.79. The maximum atomic E-state index is 13.8. The first-order chi connectivity index (χ1) is 14.8. The van der Waals surface area contributed by atoms with Crippen molar-refractivity contribution in [3.05, 3.63) is 23.7 Å². The van der Waals surface area contributed by atoms with Gasteiger partial charge in [-0.1, -0.05) is 6.92 Å². The summed E-state index contributed by atoms with van der Waals surface area (Å²) in [6.45, 7) is 9.95. The zero-order valence-corrected chi connectivity index (χ0v) is 19.3. The van der Waals surface area contributed by atoms with Crippen LogP contribution in [0.2, 0.25) is 0 Å². The van der Waals surface area contributed by atoms with Crippen molar-refractivity contribution in [2.24, 2.45) is 23.2 Å². The van der Waals surface area contributed by atoms with Gasteiger partial charge in [0.25, 0.3) is 0 Å². The molecule has 1 saturated heterocycles. The van der Waals surface area contributed by atoms with E-state index in [-0.39, 0.29) is 11.7 Å². The Labute approximate surface area is 186 Å². The van der Waals surface area contributed by atoms with E-state index in [4.69, 9.17) is 18.6 Å². The molecule has 5 rings (SSSR count). The Bertz CT molecular complexity index is 1020. The van der Waals surface area contributed by atoms with Gasteiger partial charge in [-0.3, -0.25) is 14.4 Å². The number of ketones is 1. The minimum absolute atomic E-state index is 0.000733. The quantitative estimate of drug-likeness (QED) is 0.544. The van der Waals surface area contributed by atoms with Crippen LogP contribution in [0.4, 0.5) is 0 Å². The van der Waals surface area contributed by atoms with Gasteiger partial charge in [-0.05, 0) is 38.7 Å². The minimum atomic E-state index is -1.48. The molecule has 3 fully saturated rings. The molecule has 0 bridgehead atoms. The van der Waals surface area contributed by atoms with Crippen molar-refractivity contribution in [3.63, 3.8) is 0 Å². The second kappa shape index (κ2) is 6.23. The average molecular weight is 446 g/mol. The maximum Gasteiger partial charge on any atom is 0.303 e. The molecule has 8 nitrogen and oxygen atoms in total. The third-order valence-corrected chi connectivity index (χ3v) is 9.02. The summed E-state index contributed by atoms with van der Waals surface area (Å²) >= 11 is 0. The van der Waals surface area contributed by atoms with E-state index in [2.05, 4.69) is 0 Å². The summed E-state index contributed by atoms with van der Waals surface area (Å²) in [5.41, 5.74) is -3.88. The first-order valence-electron chi connectivity index (χ1n) is 11.2. The number of Topliss-reactive ketones (excluding diaryl/α,β-unsaturated/α-hetero) is 1. The normalized spacial score (nSPS) is 48.6. The Morgan fingerprint density at radius 1 is 1.12 bits per heavy atom. The monoisotopic (exact) mass is 446 g/mol. The van der Waals surface area contributed by atoms with E-state index in [1.54, 1.807) is 13.0 Å². The number of ether oxygens (including phenoxy) is 3. The lowest BCUT2D eigenvalue weighted by molar-refractivity contribution is -0.242. The zero-order chi connectivity index (χ0) is 23.4. The van der Waals surface area contributed by atoms with Crippen molar-refractivity contribution < 1.29 is 38.1 Å². The van der Waals surface area contributed by atoms with Crippen LogP contribution in [-0.4, -0.2) is 46.2 Å². The van der Waals surface area contributed by atoms with Gasteiger partial charge in [0.1, 0.15) is 23.2 Å². The largest absolute Gasteiger partial charge is 0.469 e. The molecule has 1 N–H and O–H groups in total. The van der Waals surface area contributed by atoms with E-state index in [0.717, 1.165) is 0 Å². The number of aliphatic hydroxyl groups is 1. The highest BCUT2D eigenvalue weighted by molar-refractivity contribution is 5.90. The molecule has 1 aliphatic heterocycles. The molecule has 9 atom stereocenters. The Morgan fingerprint density at radius 3 is 2.41 bits per heavy atom. The lowest BCUT2D eigenvalue weighted by atomic mass is 9.42. The van der Waals surface area contributed by atoms with E-state index >= 15 is 0 Å². The van der Waals surface area contributed by atoms with Gasteiger partial charge in [0.15, 0.2) is 11.7 Å². The minimum Gasteiger partial charge on any atom is -0.469 e. The molecule has 0 amide bonds. The van der Waals surface area contributed by atoms with Gasteiger partial charge in [-0.15, -0.1) is 0 Å². The maximum absolute atomic E-state index is 13.8. The van der Waals surface area contributed by atoms with E-state index in [0.29, 0.717) is 24.2 Å². The molecule has 9 unspecified atom stereocenters. The Morgan fingerprint density at radius 2 is 1.78 bits per heavy atom. The van der Waals surface area contributed by atoms with Crippen LogP contribution >= 0.6 is 0 Å². The van der Waals surface area contributed by atoms with Crippen molar-refractivity contribution in [3.8, 4) is 0 Å². The summed E-state index contributed by atoms with van der Waals surface area (Å²) < 4.78 is 23.8. The van der Waals surface area contributed by atoms with Crippen molar-refractivity contribution >= 4 is 17.7 Å². The van der Waals surface area contributed by atoms with Gasteiger partial charge in [0.2, 0.25) is 0 Å². The molecule has 1 spiro atoms. The fourth-order valence-corrected chi connectivity index (χ4v) is 7.44. The van der Waals surface area contributed by atoms with E-state index in [1.165, 1.54) is 20.1 Å². The van der Waals surface area contributed by atoms with Crippen LogP contribution in [0.5, 0.6) is 0 Å². The second-order valence-corrected chi connectivity index (χ2v) is 10.5. The molecule has 0 aromatic carbocycles. The molecule has 2 saturated carbocycles. The van der Waals surface area contributed by atoms with Crippen molar-refractivity contribution in [1.82, 2.24) is 0 Å². The van der Waals surface area contributed by atoms with E-state index < -0.39 is 58.2 Å². The standard InChI is InChI=1S/C24H30O8/c1-11-9-17(27)21(4)15-10-16-14(7-8-29-16)22(5,28)18(15)19(30-12(2)25)20(31-13(3)26)24(21)23(11,6)32-24/h7-8,11,15,18-20,28H,9-10H2,1-6H3. The van der Waals surface area contributed by atoms with E-state index in [9.17, 15) is 19.5 Å². The number of hydrogen-bond acceptors (Lipinski definition) is 8. The number of fused-ring (bicyclic) bond motifs is 3. The van der Waals surface area contributed by atoms with Crippen LogP contribution < -0.4 is 0 Å². The second-order valence-electron chi connectivity index (χ2n) is 10.5. The summed E-state index contributed by atoms with van der Waals surface area (Å²) in [4.78, 5) is 38.2. The number of hydrogen-bond donors (Lipinski definition) is 1. The number of furan rings is 1. The van der Waals surface area contributed by atoms with Gasteiger partial charge in [-0.25, -0.2) is 0 Å². The van der Waals surface area contributed by atoms with Crippen LogP contribution in [0.15, 0.2) is 16.7 Å². The molecule has 174 valence electrons. The van der Waals surface area contributed by atoms with Gasteiger partial charge >= 0.3 is 11.9 Å². The van der Waals surface area contributed by atoms with Gasteiger partial charge < -0.3 is 23.7 Å². The van der Waals surface area contributed by atoms with Crippen LogP contribution in [0.25, 0.3) is 0 Å². The zero-order valence-electron chi connectivity index (χ0n) is 19.3. The van der Waals surface area contributed by atoms with Crippen molar-refractivity contribution in [2.45, 2.75) is 83.4 Å². The fourth-order valence-electron chi connectivity index (χ4n) is 7.44. The molecule has 1 aromatic heterocycles. The summed E-state index contributed by atoms with van der Waals surface area (Å²) in [6.07, 6.45) is 0.183. The lowest BCUT2D eigenvalue weighted by Crippen LogP contribution is -2.74. The van der Waals surface area contributed by atoms with E-state index in [1.807, 2.05) is 20.8 Å². The van der Waals surface area contributed by atoms with Crippen molar-refractivity contribution in [1.29, 1.82) is 0 Å². The van der Waals surface area contributed by atoms with Crippen LogP contribution in [-0.2, 0) is 40.6 Å². The third kappa shape index (κ3) is 2.27. The van der Waals surface area contributed by atoms with Crippen LogP contribution in [0.3, 0.4) is 0 Å². The number of epoxide rings is 1. The topological polar surface area (TPSA) is 116 Å². The number of carbonyl (C=O) groups excluding carboxylic acids is 3. The molecule has 1 aromatic rings. The predicted octanol–water partition coefficient (Wildman–Crippen LogP) is 2.30. The molecule has 32 heavy (non-hydrogen) atoms. The SMILES string of the molecule is CC(=O)OC1C2C(Cc3occc3C2(C)O)C2(C)C(=O)CC(C)C3(C)OC32C1OC(C)=O. The summed E-state index contributed by atoms with van der Waals surface area (Å²) in [5, 5.41) is 11.8. The number of carbonyl (C=O) groups is 3. The first kappa shape index (κ1) is 21.6. The van der Waals surface area contributed by atoms with Crippen LogP contribution in [0.1, 0.15) is 59.3 Å². The van der Waals surface area contributed by atoms with Gasteiger partial charge in [-0.2, -0.15) is 0 Å². The number of rotatable bonds is 2. The summed E-state index contributed by atoms with van der Waals surface area (Å²) in [7, 11) is 0. The van der Waals surface area contributed by atoms with Crippen molar-refractivity contribution in [2.75, 3.05) is 0 Å². The molecule has 8 heteroatoms. The van der Waals surface area contributed by atoms with Gasteiger partial charge in [0.05, 0.1) is 17.3 Å². The highest BCUT2D eigenvalue weighted by Crippen LogP contribution is 2.75. The Kier molecular flexibility index (Phi) is 4.21. The Balaban J connectivity index is 1.78. The van der Waals surface area contributed by atoms with Crippen LogP contribution in [0, 0.1) is 23.2 Å². The fraction of sp³-hybridized carbons (Fsp3) is 0.708. The van der Waals surface area contributed by atoms with Gasteiger partial charge in [0, 0.05) is 38.2 Å². The molecule has 3 aliphatic carbocycles.